The molecule has 0 saturated carbocycles. The number of aromatic nitrogens is 3. The Hall–Kier alpha value is -3.19. The number of anilines is 1. The molecular weight excluding hydrogens is 390 g/mol. The average molecular weight is 418 g/mol. The highest BCUT2D eigenvalue weighted by atomic mass is 16.3. The Kier molecular flexibility index (Phi) is 4.98. The van der Waals surface area contributed by atoms with Gasteiger partial charge < -0.3 is 19.9 Å². The fraction of sp³-hybridized carbons (Fsp3) is 0.375. The van der Waals surface area contributed by atoms with E-state index in [0.29, 0.717) is 29.4 Å². The zero-order chi connectivity index (χ0) is 21.5. The van der Waals surface area contributed by atoms with E-state index in [2.05, 4.69) is 27.5 Å². The van der Waals surface area contributed by atoms with Crippen LogP contribution in [0.15, 0.2) is 53.5 Å². The van der Waals surface area contributed by atoms with Gasteiger partial charge in [-0.25, -0.2) is 0 Å². The van der Waals surface area contributed by atoms with Crippen molar-refractivity contribution in [2.24, 2.45) is 7.05 Å². The van der Waals surface area contributed by atoms with Crippen molar-refractivity contribution in [3.63, 3.8) is 0 Å². The molecule has 2 aliphatic rings. The third-order valence-corrected chi connectivity index (χ3v) is 6.72. The van der Waals surface area contributed by atoms with E-state index < -0.39 is 0 Å². The average Bonchev–Trinajstić information content (AvgIpc) is 3.12. The highest BCUT2D eigenvalue weighted by Gasteiger charge is 2.35. The number of nitrogens with one attached hydrogen (secondary N) is 1. The maximum Gasteiger partial charge on any atom is 0.250 e. The molecule has 4 heterocycles. The number of phenolic OH excluding ortho intramolecular Hbond substituents is 1. The van der Waals surface area contributed by atoms with Crippen molar-refractivity contribution in [3.8, 4) is 28.1 Å². The third-order valence-electron chi connectivity index (χ3n) is 6.72. The van der Waals surface area contributed by atoms with Gasteiger partial charge in [-0.05, 0) is 67.1 Å². The number of fused-ring (bicyclic) bond motifs is 2. The number of rotatable bonds is 4. The number of hydrogen-bond donors (Lipinski definition) is 2. The van der Waals surface area contributed by atoms with Gasteiger partial charge in [-0.15, -0.1) is 10.2 Å². The summed E-state index contributed by atoms with van der Waals surface area (Å²) in [5.74, 6) is 0.967. The van der Waals surface area contributed by atoms with Gasteiger partial charge in [0.15, 0.2) is 5.82 Å². The SMILES string of the molecule is CN(c1ccc(-c2ccc(-c3ccn(C)c(=O)c3)cc2O)nn1)C1C[C@H]2CC[C@@H](C1)N2. The molecule has 0 aliphatic carbocycles. The maximum atomic E-state index is 11.9. The van der Waals surface area contributed by atoms with Crippen molar-refractivity contribution in [1.29, 1.82) is 0 Å². The summed E-state index contributed by atoms with van der Waals surface area (Å²) in [4.78, 5) is 14.1. The predicted octanol–water partition coefficient (Wildman–Crippen LogP) is 2.93. The van der Waals surface area contributed by atoms with E-state index in [-0.39, 0.29) is 11.3 Å². The van der Waals surface area contributed by atoms with E-state index in [0.717, 1.165) is 29.8 Å². The molecule has 0 amide bonds. The zero-order valence-corrected chi connectivity index (χ0v) is 17.8. The first-order chi connectivity index (χ1) is 15.0. The van der Waals surface area contributed by atoms with Crippen LogP contribution in [0.3, 0.4) is 0 Å². The quantitative estimate of drug-likeness (QED) is 0.679. The number of phenols is 1. The Labute approximate surface area is 181 Å². The minimum absolute atomic E-state index is 0.0894. The van der Waals surface area contributed by atoms with E-state index in [1.807, 2.05) is 30.3 Å². The summed E-state index contributed by atoms with van der Waals surface area (Å²) >= 11 is 0. The molecule has 1 aromatic carbocycles. The Morgan fingerprint density at radius 1 is 1.03 bits per heavy atom. The standard InChI is InChI=1S/C24H27N5O2/c1-28-10-9-16(12-24(28)31)15-3-6-20(22(30)11-15)21-7-8-23(27-26-21)29(2)19-13-17-4-5-18(14-19)25-17/h3,6-12,17-19,25,30H,4-5,13-14H2,1-2H3/t17-,18+,19?. The van der Waals surface area contributed by atoms with Gasteiger partial charge in [0.25, 0.3) is 5.56 Å². The van der Waals surface area contributed by atoms with E-state index in [1.165, 1.54) is 17.4 Å². The molecule has 31 heavy (non-hydrogen) atoms. The van der Waals surface area contributed by atoms with E-state index in [9.17, 15) is 9.90 Å². The molecule has 2 bridgehead atoms. The van der Waals surface area contributed by atoms with Crippen LogP contribution in [-0.4, -0.2) is 45.0 Å². The zero-order valence-electron chi connectivity index (χ0n) is 17.8. The molecule has 3 aromatic rings. The summed E-state index contributed by atoms with van der Waals surface area (Å²) in [6, 6.07) is 14.4. The van der Waals surface area contributed by atoms with Gasteiger partial charge in [0, 0.05) is 50.0 Å². The van der Waals surface area contributed by atoms with Crippen LogP contribution in [0.5, 0.6) is 5.75 Å². The minimum Gasteiger partial charge on any atom is -0.507 e. The van der Waals surface area contributed by atoms with Crippen LogP contribution in [0.4, 0.5) is 5.82 Å². The highest BCUT2D eigenvalue weighted by molar-refractivity contribution is 5.74. The molecule has 2 N–H and O–H groups in total. The van der Waals surface area contributed by atoms with Gasteiger partial charge in [-0.2, -0.15) is 0 Å². The first-order valence-corrected chi connectivity index (χ1v) is 10.8. The number of piperidine rings is 1. The summed E-state index contributed by atoms with van der Waals surface area (Å²) in [5.41, 5.74) is 2.70. The molecule has 0 spiro atoms. The lowest BCUT2D eigenvalue weighted by atomic mass is 9.98. The monoisotopic (exact) mass is 417 g/mol. The van der Waals surface area contributed by atoms with Gasteiger partial charge in [0.2, 0.25) is 0 Å². The summed E-state index contributed by atoms with van der Waals surface area (Å²) < 4.78 is 1.51. The van der Waals surface area contributed by atoms with Crippen molar-refractivity contribution < 1.29 is 5.11 Å². The van der Waals surface area contributed by atoms with Crippen LogP contribution in [0.25, 0.3) is 22.4 Å². The second-order valence-electron chi connectivity index (χ2n) is 8.75. The lowest BCUT2D eigenvalue weighted by Gasteiger charge is -2.36. The normalized spacial score (nSPS) is 22.5. The van der Waals surface area contributed by atoms with E-state index in [1.54, 1.807) is 25.4 Å². The Balaban J connectivity index is 1.35. The molecule has 7 nitrogen and oxygen atoms in total. The van der Waals surface area contributed by atoms with Crippen molar-refractivity contribution in [2.45, 2.75) is 43.8 Å². The van der Waals surface area contributed by atoms with Crippen LogP contribution >= 0.6 is 0 Å². The number of aryl methyl sites for hydroxylation is 1. The molecule has 1 unspecified atom stereocenters. The molecule has 0 radical (unpaired) electrons. The smallest absolute Gasteiger partial charge is 0.250 e. The second-order valence-corrected chi connectivity index (χ2v) is 8.75. The third kappa shape index (κ3) is 3.81. The topological polar surface area (TPSA) is 83.3 Å². The lowest BCUT2D eigenvalue weighted by molar-refractivity contribution is 0.353. The molecule has 3 atom stereocenters. The van der Waals surface area contributed by atoms with Crippen LogP contribution in [0, 0.1) is 0 Å². The molecule has 2 aliphatic heterocycles. The van der Waals surface area contributed by atoms with Gasteiger partial charge in [0.05, 0.1) is 5.69 Å². The van der Waals surface area contributed by atoms with Crippen LogP contribution < -0.4 is 15.8 Å². The Bertz CT molecular complexity index is 1150. The Morgan fingerprint density at radius 2 is 1.77 bits per heavy atom. The molecule has 2 saturated heterocycles. The number of aromatic hydroxyl groups is 1. The maximum absolute atomic E-state index is 11.9. The molecule has 7 heteroatoms. The van der Waals surface area contributed by atoms with Crippen molar-refractivity contribution in [3.05, 3.63) is 59.0 Å². The summed E-state index contributed by atoms with van der Waals surface area (Å²) in [6.07, 6.45) is 6.54. The molecular formula is C24H27N5O2. The Morgan fingerprint density at radius 3 is 2.42 bits per heavy atom. The van der Waals surface area contributed by atoms with Crippen LogP contribution in [0.2, 0.25) is 0 Å². The molecule has 5 rings (SSSR count). The predicted molar refractivity (Wildman–Crippen MR) is 121 cm³/mol. The fourth-order valence-corrected chi connectivity index (χ4v) is 4.84. The van der Waals surface area contributed by atoms with E-state index in [4.69, 9.17) is 0 Å². The molecule has 2 fully saturated rings. The minimum atomic E-state index is -0.0894. The van der Waals surface area contributed by atoms with Gasteiger partial charge in [-0.1, -0.05) is 6.07 Å². The number of pyridine rings is 1. The summed E-state index contributed by atoms with van der Waals surface area (Å²) in [7, 11) is 3.80. The molecule has 160 valence electrons. The fourth-order valence-electron chi connectivity index (χ4n) is 4.84. The van der Waals surface area contributed by atoms with Crippen molar-refractivity contribution >= 4 is 5.82 Å². The molecule has 2 aromatic heterocycles. The first kappa shape index (κ1) is 19.8. The lowest BCUT2D eigenvalue weighted by Crippen LogP contribution is -2.47. The van der Waals surface area contributed by atoms with Gasteiger partial charge >= 0.3 is 0 Å². The largest absolute Gasteiger partial charge is 0.507 e. The highest BCUT2D eigenvalue weighted by Crippen LogP contribution is 2.34. The van der Waals surface area contributed by atoms with Crippen molar-refractivity contribution in [2.75, 3.05) is 11.9 Å². The summed E-state index contributed by atoms with van der Waals surface area (Å²) in [6.45, 7) is 0. The van der Waals surface area contributed by atoms with E-state index >= 15 is 0 Å². The summed E-state index contributed by atoms with van der Waals surface area (Å²) in [5, 5.41) is 23.1. The number of benzene rings is 1. The van der Waals surface area contributed by atoms with Gasteiger partial charge in [-0.3, -0.25) is 4.79 Å². The second kappa shape index (κ2) is 7.81. The number of hydrogen-bond acceptors (Lipinski definition) is 6. The van der Waals surface area contributed by atoms with Crippen LogP contribution in [0.1, 0.15) is 25.7 Å². The van der Waals surface area contributed by atoms with Gasteiger partial charge in [0.1, 0.15) is 5.75 Å². The first-order valence-electron chi connectivity index (χ1n) is 10.8. The number of nitrogens with zero attached hydrogens (tertiary/aromatic N) is 4. The van der Waals surface area contributed by atoms with Crippen LogP contribution in [-0.2, 0) is 7.05 Å². The van der Waals surface area contributed by atoms with Crippen molar-refractivity contribution in [1.82, 2.24) is 20.1 Å².